The highest BCUT2D eigenvalue weighted by Gasteiger charge is 2.52. The highest BCUT2D eigenvalue weighted by atomic mass is 32.1. The maximum atomic E-state index is 13.0. The molecule has 2 bridgehead atoms. The molecule has 7 heteroatoms. The predicted molar refractivity (Wildman–Crippen MR) is 117 cm³/mol. The van der Waals surface area contributed by atoms with E-state index in [0.717, 1.165) is 28.0 Å². The molecule has 0 radical (unpaired) electrons. The highest BCUT2D eigenvalue weighted by Crippen LogP contribution is 2.49. The molecule has 158 valence electrons. The molecule has 2 atom stereocenters. The van der Waals surface area contributed by atoms with E-state index < -0.39 is 18.0 Å². The lowest BCUT2D eigenvalue weighted by Crippen LogP contribution is -2.37. The van der Waals surface area contributed by atoms with Crippen LogP contribution in [0.15, 0.2) is 60.7 Å². The molecular weight excluding hydrogens is 412 g/mol. The highest BCUT2D eigenvalue weighted by molar-refractivity contribution is 7.16. The molecule has 31 heavy (non-hydrogen) atoms. The standard InChI is InChI=1S/C24H22N2O4S/c1-2-16-10-6-7-11-17(16)20-12-18-19-13-25(21(23(27)28)22(18)31-20)24(29)26(19)30-14-15-8-4-3-5-9-15/h3-12,19,21H,2,13-14H2,1H3,(H,27,28)/t19-,21-/m0/s1. The minimum atomic E-state index is -1.02. The summed E-state index contributed by atoms with van der Waals surface area (Å²) in [6.07, 6.45) is 0.890. The fourth-order valence-corrected chi connectivity index (χ4v) is 5.77. The summed E-state index contributed by atoms with van der Waals surface area (Å²) >= 11 is 1.46. The van der Waals surface area contributed by atoms with Crippen molar-refractivity contribution in [3.05, 3.63) is 82.2 Å². The van der Waals surface area contributed by atoms with Gasteiger partial charge in [0.05, 0.1) is 6.54 Å². The van der Waals surface area contributed by atoms with Crippen molar-refractivity contribution < 1.29 is 19.5 Å². The van der Waals surface area contributed by atoms with Crippen LogP contribution in [0.3, 0.4) is 0 Å². The van der Waals surface area contributed by atoms with E-state index in [1.54, 1.807) is 0 Å². The Bertz CT molecular complexity index is 1140. The fourth-order valence-electron chi connectivity index (χ4n) is 4.38. The smallest absolute Gasteiger partial charge is 0.345 e. The van der Waals surface area contributed by atoms with Crippen LogP contribution in [0, 0.1) is 0 Å². The van der Waals surface area contributed by atoms with Crippen molar-refractivity contribution >= 4 is 23.3 Å². The lowest BCUT2D eigenvalue weighted by molar-refractivity contribution is -0.143. The second kappa shape index (κ2) is 7.83. The van der Waals surface area contributed by atoms with Gasteiger partial charge in [-0.15, -0.1) is 11.3 Å². The molecule has 1 aromatic heterocycles. The van der Waals surface area contributed by atoms with Crippen LogP contribution in [0.4, 0.5) is 4.79 Å². The molecule has 1 N–H and O–H groups in total. The van der Waals surface area contributed by atoms with E-state index in [1.165, 1.54) is 26.9 Å². The molecule has 6 nitrogen and oxygen atoms in total. The van der Waals surface area contributed by atoms with Gasteiger partial charge < -0.3 is 10.0 Å². The van der Waals surface area contributed by atoms with E-state index in [0.29, 0.717) is 11.4 Å². The third kappa shape index (κ3) is 3.30. The number of hydroxylamine groups is 2. The predicted octanol–water partition coefficient (Wildman–Crippen LogP) is 5.03. The van der Waals surface area contributed by atoms with E-state index >= 15 is 0 Å². The first-order valence-corrected chi connectivity index (χ1v) is 11.1. The second-order valence-corrected chi connectivity index (χ2v) is 8.80. The number of nitrogens with zero attached hydrogens (tertiary/aromatic N) is 2. The maximum absolute atomic E-state index is 13.0. The zero-order valence-electron chi connectivity index (χ0n) is 17.0. The summed E-state index contributed by atoms with van der Waals surface area (Å²) in [6, 6.07) is 18.1. The molecule has 2 aliphatic heterocycles. The van der Waals surface area contributed by atoms with Crippen LogP contribution >= 0.6 is 11.3 Å². The number of aryl methyl sites for hydroxylation is 1. The van der Waals surface area contributed by atoms with Gasteiger partial charge in [-0.05, 0) is 34.7 Å². The molecule has 0 saturated carbocycles. The summed E-state index contributed by atoms with van der Waals surface area (Å²) in [7, 11) is 0. The lowest BCUT2D eigenvalue weighted by atomic mass is 9.97. The number of carbonyl (C=O) groups is 2. The van der Waals surface area contributed by atoms with Gasteiger partial charge in [-0.1, -0.05) is 61.5 Å². The first-order chi connectivity index (χ1) is 15.1. The molecule has 0 spiro atoms. The number of fused-ring (bicyclic) bond motifs is 4. The van der Waals surface area contributed by atoms with Crippen molar-refractivity contribution in [3.63, 3.8) is 0 Å². The maximum Gasteiger partial charge on any atom is 0.345 e. The summed E-state index contributed by atoms with van der Waals surface area (Å²) in [6.45, 7) is 2.67. The van der Waals surface area contributed by atoms with Crippen molar-refractivity contribution in [2.45, 2.75) is 32.0 Å². The van der Waals surface area contributed by atoms with E-state index in [2.05, 4.69) is 19.1 Å². The molecule has 2 aromatic carbocycles. The number of thiophene rings is 1. The van der Waals surface area contributed by atoms with Gasteiger partial charge in [-0.25, -0.2) is 9.59 Å². The molecule has 0 unspecified atom stereocenters. The van der Waals surface area contributed by atoms with Crippen molar-refractivity contribution in [2.24, 2.45) is 0 Å². The van der Waals surface area contributed by atoms with Gasteiger partial charge in [0.1, 0.15) is 12.6 Å². The average molecular weight is 435 g/mol. The molecule has 0 aliphatic carbocycles. The number of hydrogen-bond acceptors (Lipinski definition) is 4. The monoisotopic (exact) mass is 434 g/mol. The number of carboxylic acid groups (broad SMARTS) is 1. The van der Waals surface area contributed by atoms with Gasteiger partial charge in [0.25, 0.3) is 0 Å². The van der Waals surface area contributed by atoms with Gasteiger partial charge >= 0.3 is 12.0 Å². The SMILES string of the molecule is CCc1ccccc1-c1cc2c(s1)[C@@H](C(=O)O)N1C[C@@H]2N(OCc2ccccc2)C1=O. The molecule has 2 aliphatic rings. The van der Waals surface area contributed by atoms with Gasteiger partial charge in [0.15, 0.2) is 6.04 Å². The molecular formula is C24H22N2O4S. The van der Waals surface area contributed by atoms with Crippen LogP contribution in [-0.2, 0) is 22.7 Å². The number of amides is 2. The second-order valence-electron chi connectivity index (χ2n) is 7.72. The third-order valence-electron chi connectivity index (χ3n) is 5.91. The number of aliphatic carboxylic acids is 1. The topological polar surface area (TPSA) is 70.1 Å². The quantitative estimate of drug-likeness (QED) is 0.591. The Morgan fingerprint density at radius 1 is 1.16 bits per heavy atom. The number of urea groups is 1. The van der Waals surface area contributed by atoms with Crippen LogP contribution in [0.2, 0.25) is 0 Å². The summed E-state index contributed by atoms with van der Waals surface area (Å²) < 4.78 is 0. The number of carboxylic acids is 1. The zero-order valence-corrected chi connectivity index (χ0v) is 17.8. The lowest BCUT2D eigenvalue weighted by Gasteiger charge is -2.27. The summed E-state index contributed by atoms with van der Waals surface area (Å²) in [5, 5.41) is 11.3. The first kappa shape index (κ1) is 19.8. The van der Waals surface area contributed by atoms with Crippen molar-refractivity contribution in [1.29, 1.82) is 0 Å². The third-order valence-corrected chi connectivity index (χ3v) is 7.14. The Labute approximate surface area is 184 Å². The number of hydrogen-bond donors (Lipinski definition) is 1. The van der Waals surface area contributed by atoms with Crippen LogP contribution in [0.25, 0.3) is 10.4 Å². The van der Waals surface area contributed by atoms with E-state index in [9.17, 15) is 14.7 Å². The Hall–Kier alpha value is -3.16. The summed E-state index contributed by atoms with van der Waals surface area (Å²) in [4.78, 5) is 34.2. The molecule has 1 fully saturated rings. The normalized spacial score (nSPS) is 19.6. The minimum absolute atomic E-state index is 0.250. The zero-order chi connectivity index (χ0) is 21.5. The number of carbonyl (C=O) groups excluding carboxylic acids is 1. The van der Waals surface area contributed by atoms with Gasteiger partial charge in [-0.2, -0.15) is 5.06 Å². The Morgan fingerprint density at radius 3 is 2.65 bits per heavy atom. The average Bonchev–Trinajstić information content (AvgIpc) is 3.34. The Balaban J connectivity index is 1.53. The van der Waals surface area contributed by atoms with E-state index in [1.807, 2.05) is 48.5 Å². The Kier molecular flexibility index (Phi) is 5.00. The van der Waals surface area contributed by atoms with Crippen molar-refractivity contribution in [3.8, 4) is 10.4 Å². The number of rotatable bonds is 6. The largest absolute Gasteiger partial charge is 0.479 e. The first-order valence-electron chi connectivity index (χ1n) is 10.3. The fraction of sp³-hybridized carbons (Fsp3) is 0.250. The molecule has 1 saturated heterocycles. The number of benzene rings is 2. The van der Waals surface area contributed by atoms with Crippen LogP contribution < -0.4 is 0 Å². The van der Waals surface area contributed by atoms with Crippen molar-refractivity contribution in [2.75, 3.05) is 6.54 Å². The van der Waals surface area contributed by atoms with Gasteiger partial charge in [-0.3, -0.25) is 4.84 Å². The van der Waals surface area contributed by atoms with Crippen LogP contribution in [0.5, 0.6) is 0 Å². The van der Waals surface area contributed by atoms with Crippen molar-refractivity contribution in [1.82, 2.24) is 9.96 Å². The Morgan fingerprint density at radius 2 is 1.90 bits per heavy atom. The van der Waals surface area contributed by atoms with E-state index in [4.69, 9.17) is 4.84 Å². The van der Waals surface area contributed by atoms with Crippen LogP contribution in [-0.4, -0.2) is 33.6 Å². The van der Waals surface area contributed by atoms with Gasteiger partial charge in [0, 0.05) is 9.75 Å². The minimum Gasteiger partial charge on any atom is -0.479 e. The van der Waals surface area contributed by atoms with Crippen LogP contribution in [0.1, 0.15) is 40.6 Å². The summed E-state index contributed by atoms with van der Waals surface area (Å²) in [5.41, 5.74) is 4.15. The van der Waals surface area contributed by atoms with Gasteiger partial charge in [0.2, 0.25) is 0 Å². The molecule has 2 amide bonds. The van der Waals surface area contributed by atoms with E-state index in [-0.39, 0.29) is 12.6 Å². The molecule has 5 rings (SSSR count). The molecule has 3 heterocycles. The summed E-state index contributed by atoms with van der Waals surface area (Å²) in [5.74, 6) is -1.02. The molecule has 3 aromatic rings.